The van der Waals surface area contributed by atoms with Crippen molar-refractivity contribution in [1.82, 2.24) is 4.98 Å². The maximum atomic E-state index is 6.94. The van der Waals surface area contributed by atoms with Crippen LogP contribution in [-0.4, -0.2) is 85.8 Å². The third-order valence-electron chi connectivity index (χ3n) is 4.14. The average molecular weight is 569 g/mol. The highest BCUT2D eigenvalue weighted by atomic mass is 28.4. The lowest BCUT2D eigenvalue weighted by molar-refractivity contribution is -0.0526. The Balaban J connectivity index is 6.73. The molecule has 0 heterocycles. The summed E-state index contributed by atoms with van der Waals surface area (Å²) in [5.74, 6) is 0. The summed E-state index contributed by atoms with van der Waals surface area (Å²) in [6.07, 6.45) is 1.04. The Morgan fingerprint density at radius 3 is 1.44 bits per heavy atom. The van der Waals surface area contributed by atoms with Gasteiger partial charge in [-0.05, 0) is 78.6 Å². The molecule has 0 bridgehead atoms. The molecular formula is C22H56N2O5Si5. The Morgan fingerprint density at radius 2 is 1.09 bits per heavy atom. The van der Waals surface area contributed by atoms with Gasteiger partial charge in [0, 0.05) is 0 Å². The van der Waals surface area contributed by atoms with E-state index in [1.54, 1.807) is 7.11 Å². The second-order valence-electron chi connectivity index (χ2n) is 13.9. The Kier molecular flexibility index (Phi) is 13.4. The van der Waals surface area contributed by atoms with E-state index in [2.05, 4.69) is 108 Å². The molecule has 0 rings (SSSR count). The zero-order chi connectivity index (χ0) is 27.2. The summed E-state index contributed by atoms with van der Waals surface area (Å²) in [5.41, 5.74) is 0. The minimum absolute atomic E-state index is 0.167. The molecule has 0 spiro atoms. The Bertz CT molecular complexity index is 620. The molecule has 204 valence electrons. The summed E-state index contributed by atoms with van der Waals surface area (Å²) in [7, 11) is -7.74. The highest BCUT2D eigenvalue weighted by Crippen LogP contribution is 2.26. The minimum Gasteiger partial charge on any atom is -0.415 e. The molecule has 0 saturated heterocycles. The third kappa shape index (κ3) is 17.7. The van der Waals surface area contributed by atoms with E-state index in [1.165, 1.54) is 0 Å². The maximum Gasteiger partial charge on any atom is 0.184 e. The molecular weight excluding hydrogens is 513 g/mol. The van der Waals surface area contributed by atoms with Crippen molar-refractivity contribution in [3.05, 3.63) is 0 Å². The van der Waals surface area contributed by atoms with Gasteiger partial charge in [-0.25, -0.2) is 0 Å². The van der Waals surface area contributed by atoms with Crippen LogP contribution >= 0.6 is 0 Å². The van der Waals surface area contributed by atoms with E-state index >= 15 is 0 Å². The number of nitrogens with zero attached hydrogens (tertiary/aromatic N) is 1. The SMILES string of the molecule is CO/N=C/C(N[Si](C)(C)C)C(O[Si](C)(C)C)C(O[Si](C)(C)C)C(CO[Si](C)(C)C)O[Si](C)(C)C. The molecule has 0 aromatic carbocycles. The summed E-state index contributed by atoms with van der Waals surface area (Å²) >= 11 is 0. The van der Waals surface area contributed by atoms with Gasteiger partial charge in [-0.2, -0.15) is 0 Å². The second-order valence-corrected chi connectivity index (χ2v) is 36.6. The van der Waals surface area contributed by atoms with Crippen LogP contribution in [0.5, 0.6) is 0 Å². The number of rotatable bonds is 16. The standard InChI is InChI=1S/C22H56N2O5Si5/c1-25-23-17-19(24-30(2,3)4)21(28-33(11,12)13)22(29-34(14,15)16)20(27-32(8,9)10)18-26-31(5,6)7/h17,19-22,24H,18H2,1-16H3/b23-17+. The van der Waals surface area contributed by atoms with Crippen LogP contribution in [-0.2, 0) is 22.5 Å². The quantitative estimate of drug-likeness (QED) is 0.141. The first-order valence-electron chi connectivity index (χ1n) is 12.4. The second kappa shape index (κ2) is 13.2. The van der Waals surface area contributed by atoms with Crippen molar-refractivity contribution in [2.45, 2.75) is 123 Å². The van der Waals surface area contributed by atoms with Crippen molar-refractivity contribution in [3.8, 4) is 0 Å². The molecule has 34 heavy (non-hydrogen) atoms. The van der Waals surface area contributed by atoms with E-state index in [9.17, 15) is 0 Å². The number of hydrogen-bond donors (Lipinski definition) is 1. The van der Waals surface area contributed by atoms with E-state index in [0.717, 1.165) is 0 Å². The van der Waals surface area contributed by atoms with E-state index in [0.29, 0.717) is 6.61 Å². The molecule has 12 heteroatoms. The highest BCUT2D eigenvalue weighted by molar-refractivity contribution is 6.74. The Labute approximate surface area is 216 Å². The van der Waals surface area contributed by atoms with Crippen molar-refractivity contribution in [2.75, 3.05) is 13.7 Å². The van der Waals surface area contributed by atoms with E-state index in [1.807, 2.05) is 6.21 Å². The topological polar surface area (TPSA) is 70.5 Å². The summed E-state index contributed by atoms with van der Waals surface area (Å²) in [5, 5.41) is 4.17. The predicted molar refractivity (Wildman–Crippen MR) is 160 cm³/mol. The summed E-state index contributed by atoms with van der Waals surface area (Å²) < 4.78 is 27.1. The minimum atomic E-state index is -1.97. The van der Waals surface area contributed by atoms with Crippen LogP contribution in [0.1, 0.15) is 0 Å². The van der Waals surface area contributed by atoms with Gasteiger partial charge in [0.2, 0.25) is 0 Å². The summed E-state index contributed by atoms with van der Waals surface area (Å²) in [6.45, 7) is 34.0. The molecule has 0 aliphatic heterocycles. The monoisotopic (exact) mass is 568 g/mol. The van der Waals surface area contributed by atoms with E-state index in [-0.39, 0.29) is 24.4 Å². The van der Waals surface area contributed by atoms with Gasteiger partial charge in [0.1, 0.15) is 15.3 Å². The summed E-state index contributed by atoms with van der Waals surface area (Å²) in [6, 6.07) is -0.167. The molecule has 4 atom stereocenters. The molecule has 7 nitrogen and oxygen atoms in total. The van der Waals surface area contributed by atoms with Crippen molar-refractivity contribution in [3.63, 3.8) is 0 Å². The van der Waals surface area contributed by atoms with Crippen molar-refractivity contribution >= 4 is 47.7 Å². The van der Waals surface area contributed by atoms with E-state index < -0.39 is 41.5 Å². The van der Waals surface area contributed by atoms with Gasteiger partial charge >= 0.3 is 0 Å². The van der Waals surface area contributed by atoms with Crippen LogP contribution in [0, 0.1) is 0 Å². The molecule has 0 aliphatic carbocycles. The number of nitrogens with one attached hydrogen (secondary N) is 1. The molecule has 1 N–H and O–H groups in total. The van der Waals surface area contributed by atoms with Crippen LogP contribution in [0.4, 0.5) is 0 Å². The fraction of sp³-hybridized carbons (Fsp3) is 0.955. The average Bonchev–Trinajstić information content (AvgIpc) is 2.54. The highest BCUT2D eigenvalue weighted by Gasteiger charge is 2.44. The molecule has 0 saturated carbocycles. The fourth-order valence-electron chi connectivity index (χ4n) is 3.33. The molecule has 0 aromatic heterocycles. The Morgan fingerprint density at radius 1 is 0.647 bits per heavy atom. The van der Waals surface area contributed by atoms with Gasteiger partial charge in [-0.15, -0.1) is 0 Å². The molecule has 0 aliphatic rings. The maximum absolute atomic E-state index is 6.94. The molecule has 0 amide bonds. The lowest BCUT2D eigenvalue weighted by Gasteiger charge is -2.45. The summed E-state index contributed by atoms with van der Waals surface area (Å²) in [4.78, 5) is 8.94. The van der Waals surface area contributed by atoms with Crippen LogP contribution in [0.3, 0.4) is 0 Å². The molecule has 4 unspecified atom stereocenters. The van der Waals surface area contributed by atoms with Gasteiger partial charge < -0.3 is 27.5 Å². The van der Waals surface area contributed by atoms with Gasteiger partial charge in [-0.1, -0.05) is 24.8 Å². The van der Waals surface area contributed by atoms with Crippen LogP contribution in [0.25, 0.3) is 0 Å². The lowest BCUT2D eigenvalue weighted by atomic mass is 10.0. The smallest absolute Gasteiger partial charge is 0.184 e. The first-order valence-corrected chi connectivity index (χ1v) is 29.6. The lowest BCUT2D eigenvalue weighted by Crippen LogP contribution is -2.64. The van der Waals surface area contributed by atoms with Gasteiger partial charge in [0.25, 0.3) is 0 Å². The van der Waals surface area contributed by atoms with Crippen molar-refractivity contribution in [1.29, 1.82) is 0 Å². The van der Waals surface area contributed by atoms with Gasteiger partial charge in [-0.3, -0.25) is 0 Å². The third-order valence-corrected chi connectivity index (χ3v) is 9.34. The van der Waals surface area contributed by atoms with Crippen LogP contribution in [0.15, 0.2) is 5.16 Å². The normalized spacial score (nSPS) is 18.1. The fourth-order valence-corrected chi connectivity index (χ4v) is 8.54. The van der Waals surface area contributed by atoms with Crippen LogP contribution in [0.2, 0.25) is 98.2 Å². The van der Waals surface area contributed by atoms with Crippen molar-refractivity contribution in [2.24, 2.45) is 5.16 Å². The number of oxime groups is 1. The zero-order valence-corrected chi connectivity index (χ0v) is 30.1. The largest absolute Gasteiger partial charge is 0.415 e. The van der Waals surface area contributed by atoms with Gasteiger partial charge in [0.15, 0.2) is 33.3 Å². The zero-order valence-electron chi connectivity index (χ0n) is 25.1. The Hall–Kier alpha value is 0.354. The van der Waals surface area contributed by atoms with Crippen molar-refractivity contribution < 1.29 is 22.5 Å². The first kappa shape index (κ1) is 34.4. The molecule has 0 fully saturated rings. The predicted octanol–water partition coefficient (Wildman–Crippen LogP) is 5.92. The number of hydrogen-bond acceptors (Lipinski definition) is 7. The van der Waals surface area contributed by atoms with Crippen LogP contribution < -0.4 is 4.98 Å². The molecule has 0 aromatic rings. The first-order chi connectivity index (χ1) is 14.9. The van der Waals surface area contributed by atoms with Gasteiger partial charge in [0.05, 0.1) is 37.2 Å². The van der Waals surface area contributed by atoms with E-state index in [4.69, 9.17) is 22.5 Å². The molecule has 0 radical (unpaired) electrons.